The highest BCUT2D eigenvalue weighted by Gasteiger charge is 2.31. The van der Waals surface area contributed by atoms with Crippen LogP contribution in [0.25, 0.3) is 0 Å². The molecular formula is C15H19F3N2O. The maximum atomic E-state index is 12.7. The Morgan fingerprint density at radius 2 is 2.14 bits per heavy atom. The summed E-state index contributed by atoms with van der Waals surface area (Å²) in [6.07, 6.45) is -2.93. The Kier molecular flexibility index (Phi) is 4.56. The molecule has 1 aromatic rings. The molecule has 1 aliphatic rings. The second-order valence-electron chi connectivity index (χ2n) is 5.60. The molecule has 0 bridgehead atoms. The van der Waals surface area contributed by atoms with Crippen molar-refractivity contribution in [3.8, 4) is 0 Å². The molecule has 0 spiro atoms. The van der Waals surface area contributed by atoms with E-state index in [2.05, 4.69) is 0 Å². The Bertz CT molecular complexity index is 516. The monoisotopic (exact) mass is 300 g/mol. The van der Waals surface area contributed by atoms with E-state index in [1.54, 1.807) is 11.0 Å². The van der Waals surface area contributed by atoms with Gasteiger partial charge in [-0.3, -0.25) is 4.79 Å². The van der Waals surface area contributed by atoms with E-state index in [4.69, 9.17) is 5.73 Å². The van der Waals surface area contributed by atoms with E-state index in [0.717, 1.165) is 25.0 Å². The van der Waals surface area contributed by atoms with Crippen LogP contribution in [0.15, 0.2) is 24.3 Å². The first kappa shape index (κ1) is 15.8. The molecule has 2 N–H and O–H groups in total. The van der Waals surface area contributed by atoms with Gasteiger partial charge in [-0.05, 0) is 31.4 Å². The highest BCUT2D eigenvalue weighted by molar-refractivity contribution is 5.79. The molecular weight excluding hydrogens is 281 g/mol. The Morgan fingerprint density at radius 1 is 1.43 bits per heavy atom. The number of alkyl halides is 3. The first-order valence-corrected chi connectivity index (χ1v) is 6.98. The van der Waals surface area contributed by atoms with Crippen LogP contribution >= 0.6 is 0 Å². The van der Waals surface area contributed by atoms with Gasteiger partial charge in [-0.1, -0.05) is 18.2 Å². The van der Waals surface area contributed by atoms with Gasteiger partial charge in [0.15, 0.2) is 0 Å². The second-order valence-corrected chi connectivity index (χ2v) is 5.60. The summed E-state index contributed by atoms with van der Waals surface area (Å²) < 4.78 is 38.0. The van der Waals surface area contributed by atoms with Crippen molar-refractivity contribution in [1.82, 2.24) is 4.90 Å². The van der Waals surface area contributed by atoms with Gasteiger partial charge in [0.2, 0.25) is 5.91 Å². The fourth-order valence-electron chi connectivity index (χ4n) is 2.71. The number of likely N-dealkylation sites (tertiary alicyclic amines) is 1. The summed E-state index contributed by atoms with van der Waals surface area (Å²) in [4.78, 5) is 14.0. The number of amides is 1. The number of hydrogen-bond acceptors (Lipinski definition) is 2. The van der Waals surface area contributed by atoms with Crippen molar-refractivity contribution in [3.63, 3.8) is 0 Å². The minimum atomic E-state index is -4.38. The third kappa shape index (κ3) is 3.97. The summed E-state index contributed by atoms with van der Waals surface area (Å²) in [5, 5.41) is 0. The third-order valence-corrected chi connectivity index (χ3v) is 3.85. The molecule has 1 fully saturated rings. The van der Waals surface area contributed by atoms with Gasteiger partial charge in [-0.25, -0.2) is 0 Å². The van der Waals surface area contributed by atoms with Crippen LogP contribution in [0.4, 0.5) is 13.2 Å². The van der Waals surface area contributed by atoms with Gasteiger partial charge in [0.05, 0.1) is 12.0 Å². The van der Waals surface area contributed by atoms with Crippen molar-refractivity contribution in [2.45, 2.75) is 44.4 Å². The molecule has 3 nitrogen and oxygen atoms in total. The van der Waals surface area contributed by atoms with Crippen LogP contribution in [-0.2, 0) is 17.4 Å². The van der Waals surface area contributed by atoms with Gasteiger partial charge in [0.25, 0.3) is 0 Å². The van der Waals surface area contributed by atoms with Gasteiger partial charge >= 0.3 is 6.18 Å². The lowest BCUT2D eigenvalue weighted by atomic mass is 9.98. The van der Waals surface area contributed by atoms with E-state index in [0.29, 0.717) is 12.1 Å². The predicted molar refractivity (Wildman–Crippen MR) is 73.5 cm³/mol. The lowest BCUT2D eigenvalue weighted by Crippen LogP contribution is -2.48. The fourth-order valence-corrected chi connectivity index (χ4v) is 2.71. The molecule has 0 saturated carbocycles. The molecule has 2 atom stereocenters. The minimum absolute atomic E-state index is 0.0104. The Balaban J connectivity index is 2.06. The highest BCUT2D eigenvalue weighted by atomic mass is 19.4. The van der Waals surface area contributed by atoms with Crippen LogP contribution in [0.2, 0.25) is 0 Å². The number of piperidine rings is 1. The molecule has 0 aliphatic carbocycles. The van der Waals surface area contributed by atoms with Crippen LogP contribution in [-0.4, -0.2) is 29.4 Å². The Morgan fingerprint density at radius 3 is 2.76 bits per heavy atom. The SMILES string of the molecule is CC1CC(N)CCN1C(=O)Cc1cccc(C(F)(F)F)c1. The molecule has 116 valence electrons. The Hall–Kier alpha value is -1.56. The number of nitrogens with two attached hydrogens (primary N) is 1. The lowest BCUT2D eigenvalue weighted by Gasteiger charge is -2.36. The zero-order valence-electron chi connectivity index (χ0n) is 11.9. The molecule has 6 heteroatoms. The van der Waals surface area contributed by atoms with Crippen molar-refractivity contribution < 1.29 is 18.0 Å². The average Bonchev–Trinajstić information content (AvgIpc) is 2.37. The normalized spacial score (nSPS) is 23.2. The summed E-state index contributed by atoms with van der Waals surface area (Å²) >= 11 is 0. The number of hydrogen-bond donors (Lipinski definition) is 1. The summed E-state index contributed by atoms with van der Waals surface area (Å²) in [6, 6.07) is 5.06. The molecule has 1 aliphatic heterocycles. The first-order chi connectivity index (χ1) is 9.77. The number of carbonyl (C=O) groups excluding carboxylic acids is 1. The molecule has 0 aromatic heterocycles. The smallest absolute Gasteiger partial charge is 0.340 e. The quantitative estimate of drug-likeness (QED) is 0.912. The van der Waals surface area contributed by atoms with E-state index in [9.17, 15) is 18.0 Å². The summed E-state index contributed by atoms with van der Waals surface area (Å²) in [7, 11) is 0. The zero-order chi connectivity index (χ0) is 15.6. The molecule has 2 rings (SSSR count). The summed E-state index contributed by atoms with van der Waals surface area (Å²) in [6.45, 7) is 2.49. The molecule has 21 heavy (non-hydrogen) atoms. The van der Waals surface area contributed by atoms with Crippen molar-refractivity contribution in [2.75, 3.05) is 6.54 Å². The van der Waals surface area contributed by atoms with E-state index >= 15 is 0 Å². The standard InChI is InChI=1S/C15H19F3N2O/c1-10-7-13(19)5-6-20(10)14(21)9-11-3-2-4-12(8-11)15(16,17)18/h2-4,8,10,13H,5-7,9,19H2,1H3. The molecule has 1 aromatic carbocycles. The van der Waals surface area contributed by atoms with E-state index in [-0.39, 0.29) is 24.4 Å². The van der Waals surface area contributed by atoms with E-state index < -0.39 is 11.7 Å². The van der Waals surface area contributed by atoms with Crippen LogP contribution in [0.3, 0.4) is 0 Å². The second kappa shape index (κ2) is 6.05. The number of benzene rings is 1. The van der Waals surface area contributed by atoms with Crippen molar-refractivity contribution >= 4 is 5.91 Å². The maximum absolute atomic E-state index is 12.7. The number of carbonyl (C=O) groups is 1. The van der Waals surface area contributed by atoms with Crippen molar-refractivity contribution in [3.05, 3.63) is 35.4 Å². The Labute approximate surface area is 121 Å². The fraction of sp³-hybridized carbons (Fsp3) is 0.533. The van der Waals surface area contributed by atoms with E-state index in [1.807, 2.05) is 6.92 Å². The van der Waals surface area contributed by atoms with Crippen LogP contribution < -0.4 is 5.73 Å². The minimum Gasteiger partial charge on any atom is -0.340 e. The average molecular weight is 300 g/mol. The molecule has 0 radical (unpaired) electrons. The van der Waals surface area contributed by atoms with Gasteiger partial charge in [0, 0.05) is 18.6 Å². The van der Waals surface area contributed by atoms with Gasteiger partial charge in [0.1, 0.15) is 0 Å². The van der Waals surface area contributed by atoms with Crippen LogP contribution in [0, 0.1) is 0 Å². The summed E-state index contributed by atoms with van der Waals surface area (Å²) in [5.41, 5.74) is 5.51. The maximum Gasteiger partial charge on any atom is 0.416 e. The third-order valence-electron chi connectivity index (χ3n) is 3.85. The molecule has 1 heterocycles. The predicted octanol–water partition coefficient (Wildman–Crippen LogP) is 2.59. The van der Waals surface area contributed by atoms with Gasteiger partial charge in [-0.15, -0.1) is 0 Å². The topological polar surface area (TPSA) is 46.3 Å². The van der Waals surface area contributed by atoms with Gasteiger partial charge in [-0.2, -0.15) is 13.2 Å². The van der Waals surface area contributed by atoms with Crippen LogP contribution in [0.5, 0.6) is 0 Å². The number of nitrogens with zero attached hydrogens (tertiary/aromatic N) is 1. The van der Waals surface area contributed by atoms with Crippen LogP contribution in [0.1, 0.15) is 30.9 Å². The van der Waals surface area contributed by atoms with E-state index in [1.165, 1.54) is 6.07 Å². The van der Waals surface area contributed by atoms with Crippen molar-refractivity contribution in [2.24, 2.45) is 5.73 Å². The highest BCUT2D eigenvalue weighted by Crippen LogP contribution is 2.29. The number of halogens is 3. The largest absolute Gasteiger partial charge is 0.416 e. The molecule has 1 amide bonds. The molecule has 2 unspecified atom stereocenters. The first-order valence-electron chi connectivity index (χ1n) is 6.98. The zero-order valence-corrected chi connectivity index (χ0v) is 11.9. The molecule has 1 saturated heterocycles. The van der Waals surface area contributed by atoms with Gasteiger partial charge < -0.3 is 10.6 Å². The number of rotatable bonds is 2. The lowest BCUT2D eigenvalue weighted by molar-refractivity contribution is -0.138. The summed E-state index contributed by atoms with van der Waals surface area (Å²) in [5.74, 6) is -0.145. The van der Waals surface area contributed by atoms with Crippen molar-refractivity contribution in [1.29, 1.82) is 0 Å².